The lowest BCUT2D eigenvalue weighted by molar-refractivity contribution is 0.824. The molecule has 2 nitrogen and oxygen atoms in total. The second kappa shape index (κ2) is 224. The van der Waals surface area contributed by atoms with Crippen LogP contribution in [0.25, 0.3) is 0 Å². The van der Waals surface area contributed by atoms with Gasteiger partial charge in [-0.25, -0.2) is 0 Å². The Bertz CT molecular complexity index is 6.85. The van der Waals surface area contributed by atoms with Crippen molar-refractivity contribution in [2.45, 2.75) is 0 Å². The molecular weight excluding hydrogens is 66.0 g/mol. The standard InChI is InChI=1S/C2H4.CH5N.H2O/c2*1-2;/h1-2H2;2H2,1H3;1H2. The van der Waals surface area contributed by atoms with E-state index in [1.807, 2.05) is 0 Å². The molecule has 0 aromatic rings. The number of nitrogens with two attached hydrogens (primary N) is 1. The molecule has 0 radical (unpaired) electrons. The maximum Gasteiger partial charge on any atom is -0.0195 e. The van der Waals surface area contributed by atoms with Crippen LogP contribution in [-0.4, -0.2) is 12.5 Å². The summed E-state index contributed by atoms with van der Waals surface area (Å²) in [6.45, 7) is 6.00. The number of hydrogen-bond acceptors (Lipinski definition) is 1. The minimum absolute atomic E-state index is 0. The van der Waals surface area contributed by atoms with Crippen molar-refractivity contribution in [2.75, 3.05) is 7.05 Å². The van der Waals surface area contributed by atoms with E-state index in [1.54, 1.807) is 0 Å². The van der Waals surface area contributed by atoms with Crippen molar-refractivity contribution < 1.29 is 5.48 Å². The first-order valence-corrected chi connectivity index (χ1v) is 1.08. The van der Waals surface area contributed by atoms with Crippen LogP contribution < -0.4 is 5.73 Å². The Morgan fingerprint density at radius 1 is 1.20 bits per heavy atom. The van der Waals surface area contributed by atoms with Gasteiger partial charge in [0.05, 0.1) is 0 Å². The SMILES string of the molecule is C=C.CN.O. The summed E-state index contributed by atoms with van der Waals surface area (Å²) in [6, 6.07) is 0. The molecule has 0 atom stereocenters. The highest BCUT2D eigenvalue weighted by Gasteiger charge is 0.836. The monoisotopic (exact) mass is 77.1 g/mol. The van der Waals surface area contributed by atoms with E-state index in [-0.39, 0.29) is 5.48 Å². The van der Waals surface area contributed by atoms with E-state index in [0.29, 0.717) is 0 Å². The molecule has 0 aliphatic carbocycles. The molecule has 0 saturated carbocycles. The van der Waals surface area contributed by atoms with Gasteiger partial charge < -0.3 is 11.2 Å². The van der Waals surface area contributed by atoms with E-state index >= 15 is 0 Å². The molecule has 0 rings (SSSR count). The predicted octanol–water partition coefficient (Wildman–Crippen LogP) is -0.448. The highest BCUT2D eigenvalue weighted by atomic mass is 16.0. The summed E-state index contributed by atoms with van der Waals surface area (Å²) in [6.07, 6.45) is 0. The van der Waals surface area contributed by atoms with Gasteiger partial charge in [0, 0.05) is 0 Å². The highest BCUT2D eigenvalue weighted by molar-refractivity contribution is 4.22. The molecule has 0 bridgehead atoms. The van der Waals surface area contributed by atoms with Crippen molar-refractivity contribution in [2.24, 2.45) is 5.73 Å². The molecule has 5 heavy (non-hydrogen) atoms. The Morgan fingerprint density at radius 3 is 1.20 bits per heavy atom. The second-order valence-electron chi connectivity index (χ2n) is 0. The van der Waals surface area contributed by atoms with Gasteiger partial charge in [0.15, 0.2) is 0 Å². The zero-order chi connectivity index (χ0) is 4.00. The van der Waals surface area contributed by atoms with Gasteiger partial charge in [0.25, 0.3) is 0 Å². The lowest BCUT2D eigenvalue weighted by atomic mass is 11.3. The number of hydrogen-bond donors (Lipinski definition) is 1. The molecule has 0 spiro atoms. The summed E-state index contributed by atoms with van der Waals surface area (Å²) in [7, 11) is 1.50. The molecule has 0 amide bonds. The van der Waals surface area contributed by atoms with Crippen LogP contribution in [0.1, 0.15) is 0 Å². The van der Waals surface area contributed by atoms with Gasteiger partial charge in [-0.05, 0) is 7.05 Å². The summed E-state index contributed by atoms with van der Waals surface area (Å²) in [5.74, 6) is 0. The minimum Gasteiger partial charge on any atom is -0.412 e. The van der Waals surface area contributed by atoms with Crippen LogP contribution in [-0.2, 0) is 0 Å². The molecule has 2 heteroatoms. The fraction of sp³-hybridized carbons (Fsp3) is 0.333. The van der Waals surface area contributed by atoms with Gasteiger partial charge in [0.1, 0.15) is 0 Å². The van der Waals surface area contributed by atoms with Gasteiger partial charge in [0.2, 0.25) is 0 Å². The first-order chi connectivity index (χ1) is 2.00. The Kier molecular flexibility index (Phi) is 1010. The first-order valence-electron chi connectivity index (χ1n) is 1.08. The summed E-state index contributed by atoms with van der Waals surface area (Å²) in [5, 5.41) is 0. The van der Waals surface area contributed by atoms with E-state index in [1.165, 1.54) is 7.05 Å². The van der Waals surface area contributed by atoms with E-state index in [9.17, 15) is 0 Å². The second-order valence-corrected chi connectivity index (χ2v) is 0. The largest absolute Gasteiger partial charge is 0.412 e. The molecule has 0 aromatic carbocycles. The molecule has 0 unspecified atom stereocenters. The van der Waals surface area contributed by atoms with Crippen molar-refractivity contribution in [3.63, 3.8) is 0 Å². The molecule has 34 valence electrons. The lowest BCUT2D eigenvalue weighted by Gasteiger charge is -1.19. The Hall–Kier alpha value is -0.340. The molecule has 0 aromatic heterocycles. The lowest BCUT2D eigenvalue weighted by Crippen LogP contribution is -1.69. The Balaban J connectivity index is -0.0000000133. The Morgan fingerprint density at radius 2 is 1.20 bits per heavy atom. The fourth-order valence-electron chi connectivity index (χ4n) is 0. The minimum atomic E-state index is 0. The van der Waals surface area contributed by atoms with Gasteiger partial charge in [-0.1, -0.05) is 0 Å². The predicted molar refractivity (Wildman–Crippen MR) is 25.0 cm³/mol. The van der Waals surface area contributed by atoms with Crippen LogP contribution >= 0.6 is 0 Å². The molecule has 0 aliphatic rings. The smallest absolute Gasteiger partial charge is 0.0195 e. The molecule has 0 aliphatic heterocycles. The molecule has 0 fully saturated rings. The van der Waals surface area contributed by atoms with Crippen LogP contribution in [0.4, 0.5) is 0 Å². The zero-order valence-corrected chi connectivity index (χ0v) is 3.49. The van der Waals surface area contributed by atoms with E-state index in [2.05, 4.69) is 18.9 Å². The molecular formula is C3H11NO. The summed E-state index contributed by atoms with van der Waals surface area (Å²) >= 11 is 0. The van der Waals surface area contributed by atoms with Crippen molar-refractivity contribution in [1.29, 1.82) is 0 Å². The van der Waals surface area contributed by atoms with E-state index in [0.717, 1.165) is 0 Å². The van der Waals surface area contributed by atoms with Gasteiger partial charge in [-0.15, -0.1) is 13.2 Å². The topological polar surface area (TPSA) is 57.5 Å². The van der Waals surface area contributed by atoms with Crippen LogP contribution in [0.5, 0.6) is 0 Å². The average molecular weight is 77.1 g/mol. The highest BCUT2D eigenvalue weighted by Crippen LogP contribution is 0.862. The van der Waals surface area contributed by atoms with Crippen molar-refractivity contribution in [3.8, 4) is 0 Å². The molecule has 4 N–H and O–H groups in total. The van der Waals surface area contributed by atoms with Crippen LogP contribution in [0, 0.1) is 0 Å². The van der Waals surface area contributed by atoms with Gasteiger partial charge >= 0.3 is 0 Å². The van der Waals surface area contributed by atoms with Crippen molar-refractivity contribution >= 4 is 0 Å². The normalized spacial score (nSPS) is 2.00. The van der Waals surface area contributed by atoms with Crippen molar-refractivity contribution in [3.05, 3.63) is 13.2 Å². The first kappa shape index (κ1) is 22.7. The summed E-state index contributed by atoms with van der Waals surface area (Å²) < 4.78 is 0. The third-order valence-electron chi connectivity index (χ3n) is 0. The molecule has 0 heterocycles. The third-order valence-corrected chi connectivity index (χ3v) is 0. The maximum absolute atomic E-state index is 4.50. The van der Waals surface area contributed by atoms with Gasteiger partial charge in [-0.2, -0.15) is 0 Å². The van der Waals surface area contributed by atoms with Gasteiger partial charge in [-0.3, -0.25) is 0 Å². The summed E-state index contributed by atoms with van der Waals surface area (Å²) in [5.41, 5.74) is 4.50. The maximum atomic E-state index is 4.50. The Labute approximate surface area is 32.6 Å². The van der Waals surface area contributed by atoms with Crippen LogP contribution in [0.15, 0.2) is 13.2 Å². The average Bonchev–Trinajstić information content (AvgIpc) is 1.50. The quantitative estimate of drug-likeness (QED) is 0.391. The van der Waals surface area contributed by atoms with Crippen LogP contribution in [0.3, 0.4) is 0 Å². The zero-order valence-electron chi connectivity index (χ0n) is 3.49. The fourth-order valence-corrected chi connectivity index (χ4v) is 0. The molecule has 0 saturated heterocycles. The third kappa shape index (κ3) is 87.2. The van der Waals surface area contributed by atoms with E-state index < -0.39 is 0 Å². The van der Waals surface area contributed by atoms with E-state index in [4.69, 9.17) is 0 Å². The number of rotatable bonds is 0. The van der Waals surface area contributed by atoms with Crippen LogP contribution in [0.2, 0.25) is 0 Å². The summed E-state index contributed by atoms with van der Waals surface area (Å²) in [4.78, 5) is 0. The van der Waals surface area contributed by atoms with Crippen molar-refractivity contribution in [1.82, 2.24) is 0 Å².